The van der Waals surface area contributed by atoms with Gasteiger partial charge in [-0.05, 0) is 30.5 Å². The normalized spacial score (nSPS) is 13.4. The van der Waals surface area contributed by atoms with Gasteiger partial charge in [-0.1, -0.05) is 42.3 Å². The summed E-state index contributed by atoms with van der Waals surface area (Å²) in [5.74, 6) is -1.16. The number of carboxylic acids is 1. The third-order valence-electron chi connectivity index (χ3n) is 3.21. The van der Waals surface area contributed by atoms with E-state index in [1.165, 1.54) is 0 Å². The molecule has 0 saturated carbocycles. The van der Waals surface area contributed by atoms with Gasteiger partial charge in [-0.25, -0.2) is 9.59 Å². The van der Waals surface area contributed by atoms with Gasteiger partial charge in [0, 0.05) is 10.2 Å². The summed E-state index contributed by atoms with van der Waals surface area (Å²) in [4.78, 5) is 23.1. The van der Waals surface area contributed by atoms with Gasteiger partial charge in [0.15, 0.2) is 0 Å². The first kappa shape index (κ1) is 16.5. The van der Waals surface area contributed by atoms with Crippen molar-refractivity contribution in [2.24, 2.45) is 5.92 Å². The zero-order valence-electron chi connectivity index (χ0n) is 11.7. The fraction of sp³-hybridized carbons (Fsp3) is 0.429. The quantitative estimate of drug-likeness (QED) is 0.767. The average molecular weight is 343 g/mol. The molecule has 0 unspecified atom stereocenters. The SMILES string of the molecule is CC[C@H](C)[C@H](NC(=O)Nc1cc(Br)ccc1C)C(=O)O. The van der Waals surface area contributed by atoms with E-state index in [2.05, 4.69) is 26.6 Å². The van der Waals surface area contributed by atoms with Crippen molar-refractivity contribution in [3.8, 4) is 0 Å². The highest BCUT2D eigenvalue weighted by Gasteiger charge is 2.25. The fourth-order valence-electron chi connectivity index (χ4n) is 1.71. The maximum atomic E-state index is 11.9. The van der Waals surface area contributed by atoms with E-state index in [1.807, 2.05) is 26.0 Å². The number of carbonyl (C=O) groups is 2. The van der Waals surface area contributed by atoms with Crippen LogP contribution in [0.4, 0.5) is 10.5 Å². The highest BCUT2D eigenvalue weighted by atomic mass is 79.9. The molecule has 0 aliphatic heterocycles. The molecule has 0 fully saturated rings. The number of halogens is 1. The maximum Gasteiger partial charge on any atom is 0.326 e. The molecule has 2 atom stereocenters. The summed E-state index contributed by atoms with van der Waals surface area (Å²) in [6.45, 7) is 5.55. The Hall–Kier alpha value is -1.56. The second-order valence-electron chi connectivity index (χ2n) is 4.76. The zero-order chi connectivity index (χ0) is 15.3. The monoisotopic (exact) mass is 342 g/mol. The lowest BCUT2D eigenvalue weighted by Crippen LogP contribution is -2.46. The molecule has 0 radical (unpaired) electrons. The number of hydrogen-bond acceptors (Lipinski definition) is 2. The van der Waals surface area contributed by atoms with Crippen LogP contribution in [0.2, 0.25) is 0 Å². The minimum Gasteiger partial charge on any atom is -0.480 e. The fourth-order valence-corrected chi connectivity index (χ4v) is 2.07. The Morgan fingerprint density at radius 3 is 2.60 bits per heavy atom. The van der Waals surface area contributed by atoms with Crippen LogP contribution in [0.3, 0.4) is 0 Å². The summed E-state index contributed by atoms with van der Waals surface area (Å²) in [6, 6.07) is 4.10. The molecular weight excluding hydrogens is 324 g/mol. The van der Waals surface area contributed by atoms with Crippen molar-refractivity contribution in [2.45, 2.75) is 33.2 Å². The number of amides is 2. The molecule has 1 aromatic carbocycles. The Labute approximate surface area is 126 Å². The Bertz CT molecular complexity index is 505. The van der Waals surface area contributed by atoms with Crippen LogP contribution < -0.4 is 10.6 Å². The molecule has 2 amide bonds. The molecule has 0 saturated heterocycles. The van der Waals surface area contributed by atoms with E-state index in [1.54, 1.807) is 13.0 Å². The largest absolute Gasteiger partial charge is 0.480 e. The molecule has 0 aromatic heterocycles. The van der Waals surface area contributed by atoms with Gasteiger partial charge in [0.1, 0.15) is 6.04 Å². The number of carboxylic acid groups (broad SMARTS) is 1. The standard InChI is InChI=1S/C14H19BrN2O3/c1-4-8(2)12(13(18)19)17-14(20)16-11-7-10(15)6-5-9(11)3/h5-8,12H,4H2,1-3H3,(H,18,19)(H2,16,17,20)/t8-,12-/m0/s1. The van der Waals surface area contributed by atoms with E-state index in [4.69, 9.17) is 5.11 Å². The van der Waals surface area contributed by atoms with Crippen molar-refractivity contribution in [3.63, 3.8) is 0 Å². The van der Waals surface area contributed by atoms with Crippen molar-refractivity contribution >= 4 is 33.6 Å². The summed E-state index contributed by atoms with van der Waals surface area (Å²) in [5.41, 5.74) is 1.55. The molecule has 110 valence electrons. The summed E-state index contributed by atoms with van der Waals surface area (Å²) < 4.78 is 0.843. The van der Waals surface area contributed by atoms with Crippen LogP contribution in [0.15, 0.2) is 22.7 Å². The van der Waals surface area contributed by atoms with E-state index in [-0.39, 0.29) is 5.92 Å². The zero-order valence-corrected chi connectivity index (χ0v) is 13.3. The molecule has 0 bridgehead atoms. The van der Waals surface area contributed by atoms with Crippen LogP contribution >= 0.6 is 15.9 Å². The van der Waals surface area contributed by atoms with Crippen molar-refractivity contribution in [1.82, 2.24) is 5.32 Å². The molecule has 0 spiro atoms. The summed E-state index contributed by atoms with van der Waals surface area (Å²) in [6.07, 6.45) is 0.674. The minimum atomic E-state index is -1.03. The van der Waals surface area contributed by atoms with Crippen molar-refractivity contribution in [2.75, 3.05) is 5.32 Å². The molecule has 0 heterocycles. The van der Waals surface area contributed by atoms with Crippen LogP contribution in [0, 0.1) is 12.8 Å². The van der Waals surface area contributed by atoms with Gasteiger partial charge in [0.2, 0.25) is 0 Å². The number of rotatable bonds is 5. The molecule has 1 aromatic rings. The smallest absolute Gasteiger partial charge is 0.326 e. The molecule has 0 aliphatic carbocycles. The number of aryl methyl sites for hydroxylation is 1. The number of hydrogen-bond donors (Lipinski definition) is 3. The molecule has 3 N–H and O–H groups in total. The summed E-state index contributed by atoms with van der Waals surface area (Å²) >= 11 is 3.33. The first-order valence-corrected chi connectivity index (χ1v) is 7.21. The van der Waals surface area contributed by atoms with Crippen LogP contribution in [-0.2, 0) is 4.79 Å². The maximum absolute atomic E-state index is 11.9. The third kappa shape index (κ3) is 4.52. The number of carbonyl (C=O) groups excluding carboxylic acids is 1. The van der Waals surface area contributed by atoms with Gasteiger partial charge in [-0.3, -0.25) is 0 Å². The molecular formula is C14H19BrN2O3. The number of benzene rings is 1. The molecule has 5 nitrogen and oxygen atoms in total. The molecule has 1 rings (SSSR count). The summed E-state index contributed by atoms with van der Waals surface area (Å²) in [7, 11) is 0. The first-order chi connectivity index (χ1) is 9.35. The average Bonchev–Trinajstić information content (AvgIpc) is 2.39. The van der Waals surface area contributed by atoms with Crippen molar-refractivity contribution in [3.05, 3.63) is 28.2 Å². The van der Waals surface area contributed by atoms with E-state index < -0.39 is 18.0 Å². The van der Waals surface area contributed by atoms with Crippen LogP contribution in [-0.4, -0.2) is 23.1 Å². The Morgan fingerprint density at radius 1 is 1.40 bits per heavy atom. The highest BCUT2D eigenvalue weighted by Crippen LogP contribution is 2.20. The molecule has 0 aliphatic rings. The molecule has 20 heavy (non-hydrogen) atoms. The first-order valence-electron chi connectivity index (χ1n) is 6.41. The van der Waals surface area contributed by atoms with E-state index in [0.29, 0.717) is 12.1 Å². The van der Waals surface area contributed by atoms with Crippen LogP contribution in [0.1, 0.15) is 25.8 Å². The van der Waals surface area contributed by atoms with Crippen molar-refractivity contribution in [1.29, 1.82) is 0 Å². The number of nitrogens with one attached hydrogen (secondary N) is 2. The van der Waals surface area contributed by atoms with Gasteiger partial charge >= 0.3 is 12.0 Å². The highest BCUT2D eigenvalue weighted by molar-refractivity contribution is 9.10. The van der Waals surface area contributed by atoms with Gasteiger partial charge in [-0.15, -0.1) is 0 Å². The van der Waals surface area contributed by atoms with Crippen LogP contribution in [0.5, 0.6) is 0 Å². The predicted molar refractivity (Wildman–Crippen MR) is 81.9 cm³/mol. The number of anilines is 1. The lowest BCUT2D eigenvalue weighted by atomic mass is 9.99. The van der Waals surface area contributed by atoms with Gasteiger partial charge < -0.3 is 15.7 Å². The number of urea groups is 1. The lowest BCUT2D eigenvalue weighted by Gasteiger charge is -2.20. The topological polar surface area (TPSA) is 78.4 Å². The lowest BCUT2D eigenvalue weighted by molar-refractivity contribution is -0.140. The second kappa shape index (κ2) is 7.28. The van der Waals surface area contributed by atoms with Crippen LogP contribution in [0.25, 0.3) is 0 Å². The van der Waals surface area contributed by atoms with Gasteiger partial charge in [0.25, 0.3) is 0 Å². The Kier molecular flexibility index (Phi) is 6.01. The summed E-state index contributed by atoms with van der Waals surface area (Å²) in [5, 5.41) is 14.3. The Balaban J connectivity index is 2.75. The van der Waals surface area contributed by atoms with Crippen molar-refractivity contribution < 1.29 is 14.7 Å². The van der Waals surface area contributed by atoms with Gasteiger partial charge in [-0.2, -0.15) is 0 Å². The Morgan fingerprint density at radius 2 is 2.05 bits per heavy atom. The van der Waals surface area contributed by atoms with E-state index in [0.717, 1.165) is 10.0 Å². The van der Waals surface area contributed by atoms with E-state index in [9.17, 15) is 9.59 Å². The number of aliphatic carboxylic acids is 1. The van der Waals surface area contributed by atoms with E-state index >= 15 is 0 Å². The minimum absolute atomic E-state index is 0.137. The molecule has 6 heteroatoms. The second-order valence-corrected chi connectivity index (χ2v) is 5.67. The predicted octanol–water partition coefficient (Wildman–Crippen LogP) is 3.38. The third-order valence-corrected chi connectivity index (χ3v) is 3.71. The van der Waals surface area contributed by atoms with Gasteiger partial charge in [0.05, 0.1) is 0 Å².